The molecule has 0 spiro atoms. The van der Waals surface area contributed by atoms with Crippen molar-refractivity contribution in [1.82, 2.24) is 10.2 Å². The van der Waals surface area contributed by atoms with Gasteiger partial charge in [0, 0.05) is 13.1 Å². The van der Waals surface area contributed by atoms with Gasteiger partial charge in [-0.3, -0.25) is 9.59 Å². The van der Waals surface area contributed by atoms with Crippen molar-refractivity contribution in [3.05, 3.63) is 29.3 Å². The molecule has 0 radical (unpaired) electrons. The number of benzene rings is 1. The zero-order valence-electron chi connectivity index (χ0n) is 13.0. The first-order valence-corrected chi connectivity index (χ1v) is 7.11. The molecule has 5 heteroatoms. The zero-order chi connectivity index (χ0) is 15.6. The molecule has 0 bridgehead atoms. The molecule has 1 saturated heterocycles. The number of nitrogens with zero attached hydrogens (tertiary/aromatic N) is 1. The van der Waals surface area contributed by atoms with Gasteiger partial charge in [0.15, 0.2) is 6.61 Å². The summed E-state index contributed by atoms with van der Waals surface area (Å²) < 4.78 is 5.64. The second kappa shape index (κ2) is 5.76. The van der Waals surface area contributed by atoms with E-state index in [1.54, 1.807) is 18.7 Å². The number of piperazine rings is 1. The maximum absolute atomic E-state index is 12.3. The normalized spacial score (nSPS) is 17.3. The van der Waals surface area contributed by atoms with Crippen LogP contribution in [-0.2, 0) is 9.59 Å². The SMILES string of the molecule is Cc1ccc(C)c(OCC(=O)N2CCNC(=O)C2(C)C)c1. The molecular formula is C16H22N2O3. The minimum absolute atomic E-state index is 0.0546. The van der Waals surface area contributed by atoms with Gasteiger partial charge in [0.2, 0.25) is 5.91 Å². The summed E-state index contributed by atoms with van der Waals surface area (Å²) in [6.07, 6.45) is 0. The topological polar surface area (TPSA) is 58.6 Å². The van der Waals surface area contributed by atoms with Gasteiger partial charge in [-0.2, -0.15) is 0 Å². The zero-order valence-corrected chi connectivity index (χ0v) is 13.0. The van der Waals surface area contributed by atoms with Crippen molar-refractivity contribution in [2.24, 2.45) is 0 Å². The number of amides is 2. The van der Waals surface area contributed by atoms with Gasteiger partial charge in [-0.1, -0.05) is 12.1 Å². The Morgan fingerprint density at radius 1 is 1.38 bits per heavy atom. The lowest BCUT2D eigenvalue weighted by molar-refractivity contribution is -0.150. The van der Waals surface area contributed by atoms with Crippen LogP contribution in [0.4, 0.5) is 0 Å². The van der Waals surface area contributed by atoms with E-state index >= 15 is 0 Å². The van der Waals surface area contributed by atoms with E-state index in [1.165, 1.54) is 0 Å². The lowest BCUT2D eigenvalue weighted by atomic mass is 9.99. The van der Waals surface area contributed by atoms with Crippen molar-refractivity contribution in [3.8, 4) is 5.75 Å². The second-order valence-corrected chi connectivity index (χ2v) is 5.92. The van der Waals surface area contributed by atoms with Crippen LogP contribution in [0.5, 0.6) is 5.75 Å². The van der Waals surface area contributed by atoms with Gasteiger partial charge >= 0.3 is 0 Å². The molecule has 0 unspecified atom stereocenters. The number of ether oxygens (including phenoxy) is 1. The second-order valence-electron chi connectivity index (χ2n) is 5.92. The van der Waals surface area contributed by atoms with E-state index in [0.717, 1.165) is 11.1 Å². The van der Waals surface area contributed by atoms with E-state index in [0.29, 0.717) is 18.8 Å². The fraction of sp³-hybridized carbons (Fsp3) is 0.500. The molecule has 0 atom stereocenters. The van der Waals surface area contributed by atoms with Crippen LogP contribution in [0.15, 0.2) is 18.2 Å². The molecule has 1 heterocycles. The highest BCUT2D eigenvalue weighted by Gasteiger charge is 2.40. The molecule has 2 rings (SSSR count). The Kier molecular flexibility index (Phi) is 4.21. The van der Waals surface area contributed by atoms with Crippen LogP contribution >= 0.6 is 0 Å². The van der Waals surface area contributed by atoms with Gasteiger partial charge in [0.1, 0.15) is 11.3 Å². The van der Waals surface area contributed by atoms with Crippen LogP contribution in [0.3, 0.4) is 0 Å². The first-order chi connectivity index (χ1) is 9.82. The molecule has 1 aliphatic heterocycles. The molecule has 0 aromatic heterocycles. The highest BCUT2D eigenvalue weighted by molar-refractivity contribution is 5.92. The average Bonchev–Trinajstić information content (AvgIpc) is 2.42. The monoisotopic (exact) mass is 290 g/mol. The summed E-state index contributed by atoms with van der Waals surface area (Å²) in [4.78, 5) is 25.8. The van der Waals surface area contributed by atoms with Gasteiger partial charge < -0.3 is 15.0 Å². The first kappa shape index (κ1) is 15.4. The van der Waals surface area contributed by atoms with Crippen LogP contribution < -0.4 is 10.1 Å². The van der Waals surface area contributed by atoms with E-state index in [2.05, 4.69) is 5.32 Å². The number of nitrogens with one attached hydrogen (secondary N) is 1. The number of hydrogen-bond donors (Lipinski definition) is 1. The maximum atomic E-state index is 12.3. The third-order valence-corrected chi connectivity index (χ3v) is 3.85. The third kappa shape index (κ3) is 3.17. The first-order valence-electron chi connectivity index (χ1n) is 7.11. The molecule has 21 heavy (non-hydrogen) atoms. The lowest BCUT2D eigenvalue weighted by Gasteiger charge is -2.41. The fourth-order valence-electron chi connectivity index (χ4n) is 2.42. The van der Waals surface area contributed by atoms with Crippen LogP contribution in [0, 0.1) is 13.8 Å². The van der Waals surface area contributed by atoms with Crippen molar-refractivity contribution in [2.75, 3.05) is 19.7 Å². The molecule has 5 nitrogen and oxygen atoms in total. The summed E-state index contributed by atoms with van der Waals surface area (Å²) in [7, 11) is 0. The molecule has 2 amide bonds. The van der Waals surface area contributed by atoms with Crippen LogP contribution in [0.2, 0.25) is 0 Å². The van der Waals surface area contributed by atoms with Gasteiger partial charge in [-0.05, 0) is 44.9 Å². The molecule has 1 aromatic carbocycles. The van der Waals surface area contributed by atoms with Gasteiger partial charge in [0.25, 0.3) is 5.91 Å². The number of carbonyl (C=O) groups is 2. The van der Waals surface area contributed by atoms with E-state index in [-0.39, 0.29) is 18.4 Å². The Bertz CT molecular complexity index is 567. The van der Waals surface area contributed by atoms with E-state index < -0.39 is 5.54 Å². The van der Waals surface area contributed by atoms with E-state index in [4.69, 9.17) is 4.74 Å². The molecule has 1 aliphatic rings. The summed E-state index contributed by atoms with van der Waals surface area (Å²) in [5, 5.41) is 2.77. The Hall–Kier alpha value is -2.04. The Morgan fingerprint density at radius 3 is 2.81 bits per heavy atom. The van der Waals surface area contributed by atoms with Crippen molar-refractivity contribution in [2.45, 2.75) is 33.2 Å². The third-order valence-electron chi connectivity index (χ3n) is 3.85. The maximum Gasteiger partial charge on any atom is 0.261 e. The lowest BCUT2D eigenvalue weighted by Crippen LogP contribution is -2.64. The van der Waals surface area contributed by atoms with Crippen molar-refractivity contribution in [3.63, 3.8) is 0 Å². The fourth-order valence-corrected chi connectivity index (χ4v) is 2.42. The van der Waals surface area contributed by atoms with E-state index in [1.807, 2.05) is 32.0 Å². The Morgan fingerprint density at radius 2 is 2.10 bits per heavy atom. The van der Waals surface area contributed by atoms with Crippen LogP contribution in [-0.4, -0.2) is 41.9 Å². The Labute approximate surface area is 125 Å². The minimum Gasteiger partial charge on any atom is -0.483 e. The highest BCUT2D eigenvalue weighted by atomic mass is 16.5. The predicted octanol–water partition coefficient (Wildman–Crippen LogP) is 1.42. The van der Waals surface area contributed by atoms with E-state index in [9.17, 15) is 9.59 Å². The molecule has 0 saturated carbocycles. The molecule has 0 aliphatic carbocycles. The van der Waals surface area contributed by atoms with Gasteiger partial charge in [0.05, 0.1) is 0 Å². The smallest absolute Gasteiger partial charge is 0.261 e. The molecule has 1 N–H and O–H groups in total. The van der Waals surface area contributed by atoms with Gasteiger partial charge in [-0.25, -0.2) is 0 Å². The summed E-state index contributed by atoms with van der Waals surface area (Å²) in [5.41, 5.74) is 1.24. The Balaban J connectivity index is 2.04. The molecule has 1 fully saturated rings. The molecular weight excluding hydrogens is 268 g/mol. The van der Waals surface area contributed by atoms with Crippen LogP contribution in [0.25, 0.3) is 0 Å². The minimum atomic E-state index is -0.833. The van der Waals surface area contributed by atoms with Crippen LogP contribution in [0.1, 0.15) is 25.0 Å². The van der Waals surface area contributed by atoms with Crippen molar-refractivity contribution < 1.29 is 14.3 Å². The summed E-state index contributed by atoms with van der Waals surface area (Å²) in [5.74, 6) is 0.409. The predicted molar refractivity (Wildman–Crippen MR) is 80.2 cm³/mol. The van der Waals surface area contributed by atoms with Crippen molar-refractivity contribution >= 4 is 11.8 Å². The van der Waals surface area contributed by atoms with Crippen molar-refractivity contribution in [1.29, 1.82) is 0 Å². The molecule has 114 valence electrons. The standard InChI is InChI=1S/C16H22N2O3/c1-11-5-6-12(2)13(9-11)21-10-14(19)18-8-7-17-15(20)16(18,3)4/h5-6,9H,7-8,10H2,1-4H3,(H,17,20). The number of rotatable bonds is 3. The number of carbonyl (C=O) groups excluding carboxylic acids is 2. The summed E-state index contributed by atoms with van der Waals surface area (Å²) in [6.45, 7) is 8.35. The number of aryl methyl sites for hydroxylation is 2. The summed E-state index contributed by atoms with van der Waals surface area (Å²) in [6, 6.07) is 5.88. The highest BCUT2D eigenvalue weighted by Crippen LogP contribution is 2.21. The average molecular weight is 290 g/mol. The molecule has 1 aromatic rings. The quantitative estimate of drug-likeness (QED) is 0.916. The van der Waals surface area contributed by atoms with Gasteiger partial charge in [-0.15, -0.1) is 0 Å². The largest absolute Gasteiger partial charge is 0.483 e. The summed E-state index contributed by atoms with van der Waals surface area (Å²) >= 11 is 0. The number of hydrogen-bond acceptors (Lipinski definition) is 3.